The quantitative estimate of drug-likeness (QED) is 0.855. The summed E-state index contributed by atoms with van der Waals surface area (Å²) in [5.41, 5.74) is 3.20. The van der Waals surface area contributed by atoms with Gasteiger partial charge in [-0.25, -0.2) is 4.79 Å². The molecule has 1 aliphatic heterocycles. The predicted molar refractivity (Wildman–Crippen MR) is 101 cm³/mol. The molecule has 4 heteroatoms. The zero-order valence-corrected chi connectivity index (χ0v) is 15.2. The topological polar surface area (TPSA) is 41.6 Å². The minimum absolute atomic E-state index is 0.0506. The number of anilines is 1. The molecule has 4 nitrogen and oxygen atoms in total. The number of methoxy groups -OCH3 is 1. The van der Waals surface area contributed by atoms with Gasteiger partial charge in [0.2, 0.25) is 0 Å². The highest BCUT2D eigenvalue weighted by molar-refractivity contribution is 5.90. The van der Waals surface area contributed by atoms with Gasteiger partial charge in [-0.3, -0.25) is 0 Å². The van der Waals surface area contributed by atoms with Crippen LogP contribution in [0.3, 0.4) is 0 Å². The highest BCUT2D eigenvalue weighted by Crippen LogP contribution is 2.36. The lowest BCUT2D eigenvalue weighted by atomic mass is 9.86. The van der Waals surface area contributed by atoms with Crippen molar-refractivity contribution in [2.45, 2.75) is 32.7 Å². The maximum Gasteiger partial charge on any atom is 0.322 e. The lowest BCUT2D eigenvalue weighted by molar-refractivity contribution is 0.129. The van der Waals surface area contributed by atoms with Crippen molar-refractivity contribution in [3.63, 3.8) is 0 Å². The minimum Gasteiger partial charge on any atom is -0.497 e. The Morgan fingerprint density at radius 1 is 1.20 bits per heavy atom. The lowest BCUT2D eigenvalue weighted by Gasteiger charge is -2.40. The molecular weight excluding hydrogens is 312 g/mol. The molecule has 2 aromatic rings. The summed E-state index contributed by atoms with van der Waals surface area (Å²) in [6.07, 6.45) is 2.18. The second-order valence-electron chi connectivity index (χ2n) is 6.83. The Morgan fingerprint density at radius 3 is 2.68 bits per heavy atom. The molecular formula is C21H26N2O2. The van der Waals surface area contributed by atoms with Crippen LogP contribution in [-0.2, 0) is 0 Å². The smallest absolute Gasteiger partial charge is 0.322 e. The molecule has 0 aromatic heterocycles. The van der Waals surface area contributed by atoms with E-state index in [1.165, 1.54) is 11.1 Å². The summed E-state index contributed by atoms with van der Waals surface area (Å²) in [5, 5.41) is 3.03. The number of ether oxygens (including phenoxy) is 1. The van der Waals surface area contributed by atoms with Crippen LogP contribution in [0.25, 0.3) is 0 Å². The maximum absolute atomic E-state index is 12.9. The first-order chi connectivity index (χ1) is 12.1. The van der Waals surface area contributed by atoms with Gasteiger partial charge in [0.15, 0.2) is 0 Å². The van der Waals surface area contributed by atoms with E-state index in [-0.39, 0.29) is 12.1 Å². The van der Waals surface area contributed by atoms with Crippen molar-refractivity contribution in [3.05, 3.63) is 59.7 Å². The zero-order valence-electron chi connectivity index (χ0n) is 15.2. The first-order valence-corrected chi connectivity index (χ1v) is 8.86. The molecule has 1 saturated heterocycles. The van der Waals surface area contributed by atoms with Crippen molar-refractivity contribution in [2.75, 3.05) is 19.0 Å². The summed E-state index contributed by atoms with van der Waals surface area (Å²) >= 11 is 0. The van der Waals surface area contributed by atoms with Crippen LogP contribution in [0.15, 0.2) is 48.5 Å². The van der Waals surface area contributed by atoms with Crippen molar-refractivity contribution < 1.29 is 9.53 Å². The predicted octanol–water partition coefficient (Wildman–Crippen LogP) is 5.01. The molecule has 132 valence electrons. The maximum atomic E-state index is 12.9. The van der Waals surface area contributed by atoms with Gasteiger partial charge in [0.25, 0.3) is 0 Å². The van der Waals surface area contributed by atoms with Gasteiger partial charge in [0, 0.05) is 18.3 Å². The third-order valence-electron chi connectivity index (χ3n) is 4.93. The molecule has 25 heavy (non-hydrogen) atoms. The highest BCUT2D eigenvalue weighted by atomic mass is 16.5. The lowest BCUT2D eigenvalue weighted by Crippen LogP contribution is -2.44. The Morgan fingerprint density at radius 2 is 1.96 bits per heavy atom. The number of benzene rings is 2. The van der Waals surface area contributed by atoms with Crippen molar-refractivity contribution in [1.82, 2.24) is 4.90 Å². The fraction of sp³-hybridized carbons (Fsp3) is 0.381. The number of carbonyl (C=O) groups excluding carboxylic acids is 1. The number of nitrogens with zero attached hydrogens (tertiary/aromatic N) is 1. The first-order valence-electron chi connectivity index (χ1n) is 8.86. The van der Waals surface area contributed by atoms with E-state index in [4.69, 9.17) is 4.74 Å². The van der Waals surface area contributed by atoms with Gasteiger partial charge < -0.3 is 15.0 Å². The number of hydrogen-bond acceptors (Lipinski definition) is 2. The van der Waals surface area contributed by atoms with E-state index >= 15 is 0 Å². The average Bonchev–Trinajstić information content (AvgIpc) is 2.62. The van der Waals surface area contributed by atoms with Gasteiger partial charge in [0.1, 0.15) is 5.75 Å². The van der Waals surface area contributed by atoms with E-state index in [2.05, 4.69) is 43.4 Å². The van der Waals surface area contributed by atoms with E-state index in [1.54, 1.807) is 7.11 Å². The number of amides is 2. The number of hydrogen-bond donors (Lipinski definition) is 1. The van der Waals surface area contributed by atoms with Gasteiger partial charge in [-0.05, 0) is 43.4 Å². The average molecular weight is 338 g/mol. The van der Waals surface area contributed by atoms with Gasteiger partial charge in [0.05, 0.1) is 13.2 Å². The van der Waals surface area contributed by atoms with Crippen LogP contribution >= 0.6 is 0 Å². The summed E-state index contributed by atoms with van der Waals surface area (Å²) in [7, 11) is 1.63. The normalized spacial score (nSPS) is 20.2. The molecule has 1 fully saturated rings. The Kier molecular flexibility index (Phi) is 5.27. The Balaban J connectivity index is 1.81. The second kappa shape index (κ2) is 7.60. The standard InChI is InChI=1S/C21H26N2O2/c1-15-9-11-17(12-10-15)20-16(2)6-5-13-23(20)21(24)22-18-7-4-8-19(14-18)25-3/h4,7-12,14,16,20H,5-6,13H2,1-3H3,(H,22,24)/t16-,20-/m1/s1. The summed E-state index contributed by atoms with van der Waals surface area (Å²) in [5.74, 6) is 1.17. The Bertz CT molecular complexity index is 727. The van der Waals surface area contributed by atoms with Crippen LogP contribution in [0.2, 0.25) is 0 Å². The zero-order chi connectivity index (χ0) is 17.8. The summed E-state index contributed by atoms with van der Waals surface area (Å²) in [6, 6.07) is 16.1. The molecule has 0 bridgehead atoms. The Hall–Kier alpha value is -2.49. The monoisotopic (exact) mass is 338 g/mol. The minimum atomic E-state index is -0.0506. The van der Waals surface area contributed by atoms with Crippen molar-refractivity contribution in [2.24, 2.45) is 5.92 Å². The third kappa shape index (κ3) is 3.95. The fourth-order valence-electron chi connectivity index (χ4n) is 3.58. The molecule has 1 N–H and O–H groups in total. The van der Waals surface area contributed by atoms with E-state index in [0.717, 1.165) is 30.8 Å². The number of nitrogens with one attached hydrogen (secondary N) is 1. The summed E-state index contributed by atoms with van der Waals surface area (Å²) < 4.78 is 5.24. The number of rotatable bonds is 3. The van der Waals surface area contributed by atoms with Crippen LogP contribution in [0.1, 0.15) is 36.9 Å². The summed E-state index contributed by atoms with van der Waals surface area (Å²) in [4.78, 5) is 14.9. The van der Waals surface area contributed by atoms with Crippen LogP contribution < -0.4 is 10.1 Å². The van der Waals surface area contributed by atoms with E-state index in [1.807, 2.05) is 29.2 Å². The van der Waals surface area contributed by atoms with Crippen LogP contribution in [0, 0.1) is 12.8 Å². The molecule has 3 rings (SSSR count). The van der Waals surface area contributed by atoms with Crippen molar-refractivity contribution in [1.29, 1.82) is 0 Å². The van der Waals surface area contributed by atoms with Crippen LogP contribution in [0.5, 0.6) is 5.75 Å². The molecule has 2 aromatic carbocycles. The molecule has 0 unspecified atom stereocenters. The number of piperidine rings is 1. The van der Waals surface area contributed by atoms with Crippen LogP contribution in [-0.4, -0.2) is 24.6 Å². The number of carbonyl (C=O) groups is 1. The Labute approximate surface area is 149 Å². The molecule has 0 saturated carbocycles. The molecule has 2 amide bonds. The van der Waals surface area contributed by atoms with Gasteiger partial charge in [-0.1, -0.05) is 42.8 Å². The SMILES string of the molecule is COc1cccc(NC(=O)N2CCC[C@@H](C)[C@@H]2c2ccc(C)cc2)c1. The number of aryl methyl sites for hydroxylation is 1. The van der Waals surface area contributed by atoms with Gasteiger partial charge >= 0.3 is 6.03 Å². The molecule has 0 radical (unpaired) electrons. The number of urea groups is 1. The largest absolute Gasteiger partial charge is 0.497 e. The van der Waals surface area contributed by atoms with E-state index < -0.39 is 0 Å². The molecule has 0 spiro atoms. The van der Waals surface area contributed by atoms with Crippen LogP contribution in [0.4, 0.5) is 10.5 Å². The van der Waals surface area contributed by atoms with Crippen molar-refractivity contribution in [3.8, 4) is 5.75 Å². The van der Waals surface area contributed by atoms with E-state index in [0.29, 0.717) is 5.92 Å². The first kappa shape index (κ1) is 17.3. The highest BCUT2D eigenvalue weighted by Gasteiger charge is 2.33. The molecule has 1 heterocycles. The number of likely N-dealkylation sites (tertiary alicyclic amines) is 1. The molecule has 0 aliphatic carbocycles. The van der Waals surface area contributed by atoms with Crippen molar-refractivity contribution >= 4 is 11.7 Å². The van der Waals surface area contributed by atoms with Gasteiger partial charge in [-0.2, -0.15) is 0 Å². The molecule has 1 aliphatic rings. The fourth-order valence-corrected chi connectivity index (χ4v) is 3.58. The van der Waals surface area contributed by atoms with E-state index in [9.17, 15) is 4.79 Å². The summed E-state index contributed by atoms with van der Waals surface area (Å²) in [6.45, 7) is 5.09. The van der Waals surface area contributed by atoms with Gasteiger partial charge in [-0.15, -0.1) is 0 Å². The second-order valence-corrected chi connectivity index (χ2v) is 6.83. The molecule has 2 atom stereocenters. The third-order valence-corrected chi connectivity index (χ3v) is 4.93.